The Hall–Kier alpha value is -1.13. The van der Waals surface area contributed by atoms with Crippen LogP contribution in [0.2, 0.25) is 0 Å². The second kappa shape index (κ2) is 4.80. The monoisotopic (exact) mass is 235 g/mol. The Balaban J connectivity index is 1.86. The molecule has 0 spiro atoms. The molecule has 0 aromatic carbocycles. The lowest BCUT2D eigenvalue weighted by Gasteiger charge is -2.02. The first kappa shape index (κ1) is 11.4. The number of thiophene rings is 1. The van der Waals surface area contributed by atoms with E-state index < -0.39 is 0 Å². The molecule has 0 fully saturated rings. The molecule has 0 saturated heterocycles. The molecule has 86 valence electrons. The third-order valence-corrected chi connectivity index (χ3v) is 3.75. The maximum absolute atomic E-state index is 4.23. The van der Waals surface area contributed by atoms with E-state index in [9.17, 15) is 0 Å². The van der Waals surface area contributed by atoms with E-state index in [4.69, 9.17) is 0 Å². The first-order valence-corrected chi connectivity index (χ1v) is 6.22. The summed E-state index contributed by atoms with van der Waals surface area (Å²) in [6, 6.07) is 4.35. The molecule has 0 atom stereocenters. The Bertz CT molecular complexity index is 470. The quantitative estimate of drug-likeness (QED) is 0.882. The van der Waals surface area contributed by atoms with Crippen molar-refractivity contribution < 1.29 is 0 Å². The molecule has 4 heteroatoms. The molecule has 0 saturated carbocycles. The summed E-state index contributed by atoms with van der Waals surface area (Å²) < 4.78 is 1.91. The summed E-state index contributed by atoms with van der Waals surface area (Å²) in [4.78, 5) is 2.76. The van der Waals surface area contributed by atoms with Crippen molar-refractivity contribution in [1.29, 1.82) is 0 Å². The van der Waals surface area contributed by atoms with Crippen molar-refractivity contribution in [2.24, 2.45) is 7.05 Å². The van der Waals surface area contributed by atoms with Gasteiger partial charge in [0.2, 0.25) is 0 Å². The van der Waals surface area contributed by atoms with Gasteiger partial charge in [-0.2, -0.15) is 5.10 Å². The first-order valence-electron chi connectivity index (χ1n) is 5.40. The van der Waals surface area contributed by atoms with E-state index in [1.165, 1.54) is 21.0 Å². The highest BCUT2D eigenvalue weighted by atomic mass is 32.1. The van der Waals surface area contributed by atoms with Gasteiger partial charge in [0.25, 0.3) is 0 Å². The molecule has 0 aliphatic carbocycles. The SMILES string of the molecule is Cc1ccc(CNCc2cnn(C)c2C)s1. The van der Waals surface area contributed by atoms with Crippen LogP contribution in [0.3, 0.4) is 0 Å². The van der Waals surface area contributed by atoms with Gasteiger partial charge >= 0.3 is 0 Å². The summed E-state index contributed by atoms with van der Waals surface area (Å²) >= 11 is 1.85. The predicted octanol–water partition coefficient (Wildman–Crippen LogP) is 2.39. The summed E-state index contributed by atoms with van der Waals surface area (Å²) in [6.45, 7) is 6.06. The van der Waals surface area contributed by atoms with Gasteiger partial charge in [-0.15, -0.1) is 11.3 Å². The van der Waals surface area contributed by atoms with Crippen LogP contribution in [0, 0.1) is 13.8 Å². The van der Waals surface area contributed by atoms with Gasteiger partial charge in [0.05, 0.1) is 6.20 Å². The lowest BCUT2D eigenvalue weighted by molar-refractivity contribution is 0.691. The van der Waals surface area contributed by atoms with Gasteiger partial charge in [0.1, 0.15) is 0 Å². The molecule has 0 amide bonds. The fourth-order valence-corrected chi connectivity index (χ4v) is 2.48. The van der Waals surface area contributed by atoms with Gasteiger partial charge in [0, 0.05) is 41.1 Å². The van der Waals surface area contributed by atoms with Crippen LogP contribution in [-0.2, 0) is 20.1 Å². The third kappa shape index (κ3) is 2.51. The number of aryl methyl sites for hydroxylation is 2. The second-order valence-corrected chi connectivity index (χ2v) is 5.37. The fourth-order valence-electron chi connectivity index (χ4n) is 1.62. The first-order chi connectivity index (χ1) is 7.66. The standard InChI is InChI=1S/C12H17N3S/c1-9-4-5-12(16-9)8-13-6-11-7-14-15(3)10(11)2/h4-5,7,13H,6,8H2,1-3H3. The fraction of sp³-hybridized carbons (Fsp3) is 0.417. The van der Waals surface area contributed by atoms with Gasteiger partial charge in [0.15, 0.2) is 0 Å². The van der Waals surface area contributed by atoms with E-state index in [0.29, 0.717) is 0 Å². The zero-order valence-electron chi connectivity index (χ0n) is 9.95. The summed E-state index contributed by atoms with van der Waals surface area (Å²) in [5.74, 6) is 0. The van der Waals surface area contributed by atoms with Crippen molar-refractivity contribution in [3.63, 3.8) is 0 Å². The van der Waals surface area contributed by atoms with Crippen LogP contribution in [0.25, 0.3) is 0 Å². The summed E-state index contributed by atoms with van der Waals surface area (Å²) in [7, 11) is 1.97. The van der Waals surface area contributed by atoms with Gasteiger partial charge in [-0.05, 0) is 26.0 Å². The molecule has 1 N–H and O–H groups in total. The Morgan fingerprint density at radius 3 is 2.69 bits per heavy atom. The van der Waals surface area contributed by atoms with Crippen molar-refractivity contribution >= 4 is 11.3 Å². The number of hydrogen-bond donors (Lipinski definition) is 1. The average Bonchev–Trinajstić information content (AvgIpc) is 2.79. The zero-order valence-corrected chi connectivity index (χ0v) is 10.8. The minimum Gasteiger partial charge on any atom is -0.308 e. The third-order valence-electron chi connectivity index (χ3n) is 2.75. The molecule has 2 heterocycles. The van der Waals surface area contributed by atoms with Gasteiger partial charge < -0.3 is 5.32 Å². The maximum atomic E-state index is 4.23. The summed E-state index contributed by atoms with van der Waals surface area (Å²) in [5.41, 5.74) is 2.51. The van der Waals surface area contributed by atoms with Crippen LogP contribution in [0.5, 0.6) is 0 Å². The molecule has 0 radical (unpaired) electrons. The molecule has 0 bridgehead atoms. The number of rotatable bonds is 4. The van der Waals surface area contributed by atoms with Gasteiger partial charge in [-0.1, -0.05) is 0 Å². The lowest BCUT2D eigenvalue weighted by atomic mass is 10.2. The molecule has 16 heavy (non-hydrogen) atoms. The van der Waals surface area contributed by atoms with Crippen LogP contribution in [0.4, 0.5) is 0 Å². The molecule has 2 rings (SSSR count). The second-order valence-electron chi connectivity index (χ2n) is 3.99. The average molecular weight is 235 g/mol. The Morgan fingerprint density at radius 2 is 2.12 bits per heavy atom. The predicted molar refractivity (Wildman–Crippen MR) is 67.5 cm³/mol. The summed E-state index contributed by atoms with van der Waals surface area (Å²) in [6.07, 6.45) is 1.93. The number of nitrogens with zero attached hydrogens (tertiary/aromatic N) is 2. The van der Waals surface area contributed by atoms with E-state index in [2.05, 4.69) is 36.4 Å². The molecule has 0 aliphatic heterocycles. The minimum atomic E-state index is 0.886. The van der Waals surface area contributed by atoms with Crippen molar-refractivity contribution in [3.05, 3.63) is 39.3 Å². The van der Waals surface area contributed by atoms with E-state index >= 15 is 0 Å². The zero-order chi connectivity index (χ0) is 11.5. The highest BCUT2D eigenvalue weighted by molar-refractivity contribution is 7.11. The molecule has 3 nitrogen and oxygen atoms in total. The van der Waals surface area contributed by atoms with Crippen molar-refractivity contribution in [2.75, 3.05) is 0 Å². The van der Waals surface area contributed by atoms with Crippen LogP contribution >= 0.6 is 11.3 Å². The van der Waals surface area contributed by atoms with Crippen molar-refractivity contribution in [1.82, 2.24) is 15.1 Å². The largest absolute Gasteiger partial charge is 0.308 e. The molecule has 2 aromatic heterocycles. The highest BCUT2D eigenvalue weighted by Gasteiger charge is 2.03. The summed E-state index contributed by atoms with van der Waals surface area (Å²) in [5, 5.41) is 7.67. The van der Waals surface area contributed by atoms with Crippen molar-refractivity contribution in [3.8, 4) is 0 Å². The molecule has 2 aromatic rings. The van der Waals surface area contributed by atoms with Crippen LogP contribution in [0.15, 0.2) is 18.3 Å². The Labute approximate surface area is 100 Å². The van der Waals surface area contributed by atoms with Gasteiger partial charge in [-0.3, -0.25) is 4.68 Å². The highest BCUT2D eigenvalue weighted by Crippen LogP contribution is 2.14. The molecular weight excluding hydrogens is 218 g/mol. The molecular formula is C12H17N3S. The minimum absolute atomic E-state index is 0.886. The lowest BCUT2D eigenvalue weighted by Crippen LogP contribution is -2.12. The van der Waals surface area contributed by atoms with Gasteiger partial charge in [-0.25, -0.2) is 0 Å². The Kier molecular flexibility index (Phi) is 3.41. The van der Waals surface area contributed by atoms with E-state index in [1.54, 1.807) is 0 Å². The molecule has 0 aliphatic rings. The Morgan fingerprint density at radius 1 is 1.31 bits per heavy atom. The van der Waals surface area contributed by atoms with E-state index in [0.717, 1.165) is 13.1 Å². The normalized spacial score (nSPS) is 10.9. The molecule has 0 unspecified atom stereocenters. The van der Waals surface area contributed by atoms with Crippen LogP contribution < -0.4 is 5.32 Å². The van der Waals surface area contributed by atoms with Crippen LogP contribution in [0.1, 0.15) is 21.0 Å². The number of nitrogens with one attached hydrogen (secondary N) is 1. The number of aromatic nitrogens is 2. The van der Waals surface area contributed by atoms with Crippen LogP contribution in [-0.4, -0.2) is 9.78 Å². The van der Waals surface area contributed by atoms with Crippen molar-refractivity contribution in [2.45, 2.75) is 26.9 Å². The smallest absolute Gasteiger partial charge is 0.0537 e. The number of hydrogen-bond acceptors (Lipinski definition) is 3. The van der Waals surface area contributed by atoms with E-state index in [-0.39, 0.29) is 0 Å². The van der Waals surface area contributed by atoms with E-state index in [1.807, 2.05) is 29.3 Å². The maximum Gasteiger partial charge on any atom is 0.0537 e. The topological polar surface area (TPSA) is 29.9 Å².